The third-order valence-electron chi connectivity index (χ3n) is 3.09. The molecule has 21 heavy (non-hydrogen) atoms. The van der Waals surface area contributed by atoms with Gasteiger partial charge < -0.3 is 10.2 Å². The average Bonchev–Trinajstić information content (AvgIpc) is 2.90. The molecule has 0 bridgehead atoms. The molecule has 0 unspecified atom stereocenters. The molecule has 1 N–H and O–H groups in total. The second kappa shape index (κ2) is 7.51. The molecule has 0 aromatic carbocycles. The molecular weight excluding hydrogens is 312 g/mol. The summed E-state index contributed by atoms with van der Waals surface area (Å²) in [6.07, 6.45) is 1.70. The molecule has 114 valence electrons. The van der Waals surface area contributed by atoms with Gasteiger partial charge in [0.25, 0.3) is 5.70 Å². The van der Waals surface area contributed by atoms with Gasteiger partial charge in [0.2, 0.25) is 0 Å². The van der Waals surface area contributed by atoms with Crippen molar-refractivity contribution >= 4 is 23.4 Å². The van der Waals surface area contributed by atoms with Crippen LogP contribution >= 0.6 is 23.4 Å². The van der Waals surface area contributed by atoms with Crippen molar-refractivity contribution in [3.05, 3.63) is 50.7 Å². The van der Waals surface area contributed by atoms with Crippen LogP contribution in [0.5, 0.6) is 0 Å². The van der Waals surface area contributed by atoms with Gasteiger partial charge in [0.05, 0.1) is 10.7 Å². The molecule has 2 rings (SSSR count). The van der Waals surface area contributed by atoms with Crippen LogP contribution in [-0.2, 0) is 6.54 Å². The molecule has 1 aromatic rings. The Morgan fingerprint density at radius 3 is 3.05 bits per heavy atom. The van der Waals surface area contributed by atoms with E-state index in [1.807, 2.05) is 17.9 Å². The SMILES string of the molecule is CCSCC(=C1NCCN1Cc1ccc(Cl)nc1)[N+](=O)[O-]. The lowest BCUT2D eigenvalue weighted by atomic mass is 10.2. The highest BCUT2D eigenvalue weighted by Gasteiger charge is 2.27. The van der Waals surface area contributed by atoms with E-state index in [0.717, 1.165) is 17.9 Å². The summed E-state index contributed by atoms with van der Waals surface area (Å²) in [5, 5.41) is 14.8. The molecule has 0 radical (unpaired) electrons. The van der Waals surface area contributed by atoms with E-state index in [1.54, 1.807) is 24.0 Å². The summed E-state index contributed by atoms with van der Waals surface area (Å²) in [5.74, 6) is 1.88. The third-order valence-corrected chi connectivity index (χ3v) is 4.20. The van der Waals surface area contributed by atoms with Crippen LogP contribution in [0.1, 0.15) is 12.5 Å². The van der Waals surface area contributed by atoms with Gasteiger partial charge in [-0.1, -0.05) is 24.6 Å². The summed E-state index contributed by atoms with van der Waals surface area (Å²) in [5.41, 5.74) is 1.22. The standard InChI is InChI=1S/C13H17ClN4O2S/c1-2-21-9-11(18(19)20)13-15-5-6-17(13)8-10-3-4-12(14)16-7-10/h3-4,7,15H,2,5-6,8-9H2,1H3. The van der Waals surface area contributed by atoms with Gasteiger partial charge in [-0.25, -0.2) is 4.98 Å². The molecule has 0 atom stereocenters. The van der Waals surface area contributed by atoms with Crippen LogP contribution in [0.25, 0.3) is 0 Å². The van der Waals surface area contributed by atoms with Gasteiger partial charge in [-0.05, 0) is 17.4 Å². The van der Waals surface area contributed by atoms with E-state index in [2.05, 4.69) is 10.3 Å². The summed E-state index contributed by atoms with van der Waals surface area (Å²) in [4.78, 5) is 17.0. The van der Waals surface area contributed by atoms with E-state index in [9.17, 15) is 10.1 Å². The van der Waals surface area contributed by atoms with E-state index in [-0.39, 0.29) is 10.6 Å². The smallest absolute Gasteiger partial charge is 0.295 e. The molecular formula is C13H17ClN4O2S. The van der Waals surface area contributed by atoms with E-state index in [4.69, 9.17) is 11.6 Å². The van der Waals surface area contributed by atoms with Crippen LogP contribution in [0.4, 0.5) is 0 Å². The molecule has 0 saturated carbocycles. The number of rotatable bonds is 6. The van der Waals surface area contributed by atoms with Crippen LogP contribution in [-0.4, -0.2) is 39.4 Å². The Hall–Kier alpha value is -1.47. The van der Waals surface area contributed by atoms with Crippen LogP contribution in [0, 0.1) is 10.1 Å². The van der Waals surface area contributed by atoms with Crippen molar-refractivity contribution in [2.45, 2.75) is 13.5 Å². The van der Waals surface area contributed by atoms with Crippen molar-refractivity contribution in [3.63, 3.8) is 0 Å². The lowest BCUT2D eigenvalue weighted by Crippen LogP contribution is -2.24. The summed E-state index contributed by atoms with van der Waals surface area (Å²) in [7, 11) is 0. The second-order valence-corrected chi connectivity index (χ2v) is 6.19. The molecule has 2 heterocycles. The molecule has 1 aliphatic rings. The maximum absolute atomic E-state index is 11.3. The van der Waals surface area contributed by atoms with Crippen molar-refractivity contribution in [2.75, 3.05) is 24.6 Å². The normalized spacial score (nSPS) is 16.8. The molecule has 0 spiro atoms. The summed E-state index contributed by atoms with van der Waals surface area (Å²) in [6, 6.07) is 3.61. The highest BCUT2D eigenvalue weighted by Crippen LogP contribution is 2.20. The molecule has 1 aliphatic heterocycles. The predicted octanol–water partition coefficient (Wildman–Crippen LogP) is 2.34. The maximum atomic E-state index is 11.3. The zero-order valence-corrected chi connectivity index (χ0v) is 13.3. The number of hydrogen-bond donors (Lipinski definition) is 1. The topological polar surface area (TPSA) is 71.3 Å². The Morgan fingerprint density at radius 1 is 1.62 bits per heavy atom. The maximum Gasteiger partial charge on any atom is 0.295 e. The molecule has 0 amide bonds. The molecule has 0 aliphatic carbocycles. The average molecular weight is 329 g/mol. The number of pyridine rings is 1. The lowest BCUT2D eigenvalue weighted by Gasteiger charge is -2.18. The van der Waals surface area contributed by atoms with Crippen molar-refractivity contribution in [1.82, 2.24) is 15.2 Å². The number of nitrogens with zero attached hydrogens (tertiary/aromatic N) is 3. The number of aromatic nitrogens is 1. The van der Waals surface area contributed by atoms with Crippen LogP contribution in [0.15, 0.2) is 29.8 Å². The van der Waals surface area contributed by atoms with Gasteiger partial charge in [0.1, 0.15) is 5.15 Å². The summed E-state index contributed by atoms with van der Waals surface area (Å²) < 4.78 is 0. The first-order valence-electron chi connectivity index (χ1n) is 6.66. The fourth-order valence-corrected chi connectivity index (χ4v) is 2.85. The largest absolute Gasteiger partial charge is 0.365 e. The number of halogens is 1. The molecule has 1 saturated heterocycles. The van der Waals surface area contributed by atoms with Gasteiger partial charge in [-0.15, -0.1) is 0 Å². The Kier molecular flexibility index (Phi) is 5.69. The van der Waals surface area contributed by atoms with Crippen LogP contribution in [0.2, 0.25) is 5.15 Å². The minimum absolute atomic E-state index is 0.237. The van der Waals surface area contributed by atoms with Gasteiger partial charge in [0.15, 0.2) is 5.82 Å². The highest BCUT2D eigenvalue weighted by molar-refractivity contribution is 7.99. The van der Waals surface area contributed by atoms with Gasteiger partial charge in [0, 0.05) is 25.8 Å². The fraction of sp³-hybridized carbons (Fsp3) is 0.462. The molecule has 6 nitrogen and oxygen atoms in total. The highest BCUT2D eigenvalue weighted by atomic mass is 35.5. The number of thioether (sulfide) groups is 1. The predicted molar refractivity (Wildman–Crippen MR) is 84.7 cm³/mol. The van der Waals surface area contributed by atoms with E-state index < -0.39 is 0 Å². The van der Waals surface area contributed by atoms with Crippen molar-refractivity contribution < 1.29 is 4.92 Å². The first-order chi connectivity index (χ1) is 10.1. The Morgan fingerprint density at radius 2 is 2.43 bits per heavy atom. The van der Waals surface area contributed by atoms with E-state index in [0.29, 0.717) is 29.8 Å². The first-order valence-corrected chi connectivity index (χ1v) is 8.19. The van der Waals surface area contributed by atoms with Crippen molar-refractivity contribution in [3.8, 4) is 0 Å². The second-order valence-electron chi connectivity index (χ2n) is 4.53. The first kappa shape index (κ1) is 15.9. The third kappa shape index (κ3) is 4.25. The van der Waals surface area contributed by atoms with Gasteiger partial charge in [-0.3, -0.25) is 10.1 Å². The Balaban J connectivity index is 2.17. The number of nitrogens with one attached hydrogen (secondary N) is 1. The minimum atomic E-state index is -0.288. The molecule has 1 aromatic heterocycles. The van der Waals surface area contributed by atoms with Crippen molar-refractivity contribution in [1.29, 1.82) is 0 Å². The zero-order valence-electron chi connectivity index (χ0n) is 11.7. The van der Waals surface area contributed by atoms with E-state index >= 15 is 0 Å². The summed E-state index contributed by atoms with van der Waals surface area (Å²) in [6.45, 7) is 4.03. The Bertz CT molecular complexity index is 535. The minimum Gasteiger partial charge on any atom is -0.365 e. The molecule has 1 fully saturated rings. The lowest BCUT2D eigenvalue weighted by molar-refractivity contribution is -0.425. The number of hydrogen-bond acceptors (Lipinski definition) is 6. The van der Waals surface area contributed by atoms with Gasteiger partial charge >= 0.3 is 0 Å². The number of nitro groups is 1. The Labute approximate surface area is 132 Å². The fourth-order valence-electron chi connectivity index (χ4n) is 2.10. The quantitative estimate of drug-likeness (QED) is 0.491. The van der Waals surface area contributed by atoms with E-state index in [1.165, 1.54) is 0 Å². The van der Waals surface area contributed by atoms with Crippen molar-refractivity contribution in [2.24, 2.45) is 0 Å². The monoisotopic (exact) mass is 328 g/mol. The summed E-state index contributed by atoms with van der Waals surface area (Å²) >= 11 is 7.31. The zero-order chi connectivity index (χ0) is 15.2. The van der Waals surface area contributed by atoms with Crippen LogP contribution in [0.3, 0.4) is 0 Å². The van der Waals surface area contributed by atoms with Crippen LogP contribution < -0.4 is 5.32 Å². The van der Waals surface area contributed by atoms with Gasteiger partial charge in [-0.2, -0.15) is 11.8 Å². The molecule has 8 heteroatoms.